The number of rotatable bonds is 31. The van der Waals surface area contributed by atoms with Crippen LogP contribution in [-0.4, -0.2) is 11.8 Å². The highest BCUT2D eigenvalue weighted by molar-refractivity contribution is 6.12. The van der Waals surface area contributed by atoms with E-state index in [2.05, 4.69) is 27.7 Å². The Labute approximate surface area is 270 Å². The molecule has 0 spiro atoms. The molecule has 1 N–H and O–H groups in total. The Bertz CT molecular complexity index is 576. The summed E-state index contributed by atoms with van der Waals surface area (Å²) in [5.41, 5.74) is 0. The molecule has 0 bridgehead atoms. The average Bonchev–Trinajstić information content (AvgIpc) is 3.39. The molecule has 0 radical (unpaired) electrons. The van der Waals surface area contributed by atoms with Crippen LogP contribution >= 0.6 is 0 Å². The molecule has 3 heteroatoms. The van der Waals surface area contributed by atoms with E-state index in [0.717, 1.165) is 11.8 Å². The van der Waals surface area contributed by atoms with Gasteiger partial charge < -0.3 is 0 Å². The van der Waals surface area contributed by atoms with Gasteiger partial charge in [0.1, 0.15) is 0 Å². The fourth-order valence-electron chi connectivity index (χ4n) is 6.69. The summed E-state index contributed by atoms with van der Waals surface area (Å²) in [6.45, 7) is 9.36. The van der Waals surface area contributed by atoms with E-state index in [9.17, 15) is 9.59 Å². The van der Waals surface area contributed by atoms with Crippen molar-refractivity contribution in [2.45, 2.75) is 220 Å². The fraction of sp³-hybridized carbons (Fsp3) is 0.900. The van der Waals surface area contributed by atoms with Gasteiger partial charge in [0, 0.05) is 12.2 Å². The first-order valence-electron chi connectivity index (χ1n) is 19.6. The van der Waals surface area contributed by atoms with Gasteiger partial charge in [-0.05, 0) is 11.8 Å². The van der Waals surface area contributed by atoms with Crippen molar-refractivity contribution in [3.8, 4) is 0 Å². The van der Waals surface area contributed by atoms with Gasteiger partial charge in [0.25, 0.3) is 11.8 Å². The van der Waals surface area contributed by atoms with E-state index in [-0.39, 0.29) is 11.8 Å². The van der Waals surface area contributed by atoms with Crippen molar-refractivity contribution in [3.63, 3.8) is 0 Å². The Morgan fingerprint density at radius 1 is 0.372 bits per heavy atom. The summed E-state index contributed by atoms with van der Waals surface area (Å²) >= 11 is 0. The predicted octanol–water partition coefficient (Wildman–Crippen LogP) is 13.2. The molecule has 2 atom stereocenters. The normalized spacial score (nSPS) is 14.0. The van der Waals surface area contributed by atoms with E-state index in [1.165, 1.54) is 179 Å². The number of carbonyl (C=O) groups is 2. The SMILES string of the molecule is CCCCCCCCCC(CCCCCCCC)C(CCCCCCCC)CCCCCCCCC.O=C1C=CC(=O)N1. The van der Waals surface area contributed by atoms with Crippen LogP contribution in [0, 0.1) is 11.8 Å². The Balaban J connectivity index is 0.00000218. The second-order valence-electron chi connectivity index (χ2n) is 13.6. The van der Waals surface area contributed by atoms with Crippen LogP contribution in [0.4, 0.5) is 0 Å². The second kappa shape index (κ2) is 33.8. The van der Waals surface area contributed by atoms with Crippen LogP contribution < -0.4 is 5.32 Å². The van der Waals surface area contributed by atoms with Crippen molar-refractivity contribution in [3.05, 3.63) is 12.2 Å². The van der Waals surface area contributed by atoms with Crippen LogP contribution in [0.1, 0.15) is 220 Å². The third kappa shape index (κ3) is 29.4. The maximum Gasteiger partial charge on any atom is 0.250 e. The molecule has 1 aliphatic rings. The molecule has 0 fully saturated rings. The van der Waals surface area contributed by atoms with Crippen LogP contribution in [0.5, 0.6) is 0 Å². The Morgan fingerprint density at radius 2 is 0.581 bits per heavy atom. The third-order valence-electron chi connectivity index (χ3n) is 9.51. The number of imide groups is 1. The van der Waals surface area contributed by atoms with Crippen LogP contribution in [0.25, 0.3) is 0 Å². The topological polar surface area (TPSA) is 46.2 Å². The Kier molecular flexibility index (Phi) is 32.9. The minimum Gasteiger partial charge on any atom is -0.289 e. The maximum atomic E-state index is 10.0. The summed E-state index contributed by atoms with van der Waals surface area (Å²) in [6, 6.07) is 0. The predicted molar refractivity (Wildman–Crippen MR) is 190 cm³/mol. The van der Waals surface area contributed by atoms with Gasteiger partial charge in [-0.15, -0.1) is 0 Å². The highest BCUT2D eigenvalue weighted by Crippen LogP contribution is 2.33. The van der Waals surface area contributed by atoms with Crippen molar-refractivity contribution < 1.29 is 9.59 Å². The van der Waals surface area contributed by atoms with Crippen molar-refractivity contribution in [1.29, 1.82) is 0 Å². The molecule has 43 heavy (non-hydrogen) atoms. The van der Waals surface area contributed by atoms with Gasteiger partial charge in [-0.3, -0.25) is 14.9 Å². The molecular formula is C40H77NO2. The molecule has 0 saturated heterocycles. The van der Waals surface area contributed by atoms with Crippen molar-refractivity contribution in [1.82, 2.24) is 5.32 Å². The number of unbranched alkanes of at least 4 members (excludes halogenated alkanes) is 22. The minimum absolute atomic E-state index is 0.329. The molecule has 0 aromatic carbocycles. The molecule has 2 amide bonds. The maximum absolute atomic E-state index is 10.0. The largest absolute Gasteiger partial charge is 0.289 e. The van der Waals surface area contributed by atoms with Crippen LogP contribution in [0.15, 0.2) is 12.2 Å². The molecule has 0 aliphatic carbocycles. The summed E-state index contributed by atoms with van der Waals surface area (Å²) in [6.07, 6.45) is 46.6. The lowest BCUT2D eigenvalue weighted by molar-refractivity contribution is -0.123. The van der Waals surface area contributed by atoms with Gasteiger partial charge in [0.05, 0.1) is 0 Å². The number of hydrogen-bond donors (Lipinski definition) is 1. The first kappa shape index (κ1) is 41.9. The second-order valence-corrected chi connectivity index (χ2v) is 13.6. The van der Waals surface area contributed by atoms with E-state index in [4.69, 9.17) is 0 Å². The van der Waals surface area contributed by atoms with Gasteiger partial charge in [0.15, 0.2) is 0 Å². The molecular weight excluding hydrogens is 526 g/mol. The highest BCUT2D eigenvalue weighted by Gasteiger charge is 2.20. The third-order valence-corrected chi connectivity index (χ3v) is 9.51. The molecule has 0 saturated carbocycles. The zero-order valence-corrected chi connectivity index (χ0v) is 29.8. The van der Waals surface area contributed by atoms with Gasteiger partial charge in [0.2, 0.25) is 0 Å². The standard InChI is InChI=1S/C36H74.C4H3NO2/c1-5-9-13-17-21-25-29-33-35(31-27-23-19-15-11-7-3)36(32-28-24-20-16-12-8-4)34-30-26-22-18-14-10-6-2;6-3-1-2-4(7)5-3/h35-36H,5-34H2,1-4H3;1-2H,(H,5,6,7). The Morgan fingerprint density at radius 3 is 0.767 bits per heavy atom. The first-order chi connectivity index (χ1) is 21.1. The number of hydrogen-bond acceptors (Lipinski definition) is 2. The lowest BCUT2D eigenvalue weighted by atomic mass is 9.78. The molecule has 3 nitrogen and oxygen atoms in total. The smallest absolute Gasteiger partial charge is 0.250 e. The van der Waals surface area contributed by atoms with Gasteiger partial charge >= 0.3 is 0 Å². The summed E-state index contributed by atoms with van der Waals surface area (Å²) < 4.78 is 0. The lowest BCUT2D eigenvalue weighted by Crippen LogP contribution is -2.19. The minimum atomic E-state index is -0.329. The summed E-state index contributed by atoms with van der Waals surface area (Å²) in [4.78, 5) is 20.1. The quantitative estimate of drug-likeness (QED) is 0.0633. The fourth-order valence-corrected chi connectivity index (χ4v) is 6.69. The van der Waals surface area contributed by atoms with Crippen LogP contribution in [0.3, 0.4) is 0 Å². The average molecular weight is 604 g/mol. The molecule has 1 rings (SSSR count). The lowest BCUT2D eigenvalue weighted by Gasteiger charge is -2.28. The van der Waals surface area contributed by atoms with E-state index < -0.39 is 0 Å². The number of nitrogens with one attached hydrogen (secondary N) is 1. The summed E-state index contributed by atoms with van der Waals surface area (Å²) in [5.74, 6) is 1.40. The zero-order chi connectivity index (χ0) is 31.6. The van der Waals surface area contributed by atoms with Gasteiger partial charge in [-0.2, -0.15) is 0 Å². The van der Waals surface area contributed by atoms with E-state index >= 15 is 0 Å². The Hall–Kier alpha value is -1.12. The molecule has 1 aliphatic heterocycles. The summed E-state index contributed by atoms with van der Waals surface area (Å²) in [7, 11) is 0. The van der Waals surface area contributed by atoms with Gasteiger partial charge in [-0.25, -0.2) is 0 Å². The zero-order valence-electron chi connectivity index (χ0n) is 29.8. The van der Waals surface area contributed by atoms with Crippen LogP contribution in [0.2, 0.25) is 0 Å². The van der Waals surface area contributed by atoms with E-state index in [0.29, 0.717) is 0 Å². The van der Waals surface area contributed by atoms with Crippen LogP contribution in [-0.2, 0) is 9.59 Å². The van der Waals surface area contributed by atoms with E-state index in [1.807, 2.05) is 5.32 Å². The molecule has 2 unspecified atom stereocenters. The number of amides is 2. The van der Waals surface area contributed by atoms with Crippen molar-refractivity contribution in [2.75, 3.05) is 0 Å². The highest BCUT2D eigenvalue weighted by atomic mass is 16.2. The van der Waals surface area contributed by atoms with Gasteiger partial charge in [-0.1, -0.05) is 220 Å². The van der Waals surface area contributed by atoms with Crippen molar-refractivity contribution >= 4 is 11.8 Å². The first-order valence-corrected chi connectivity index (χ1v) is 19.6. The molecule has 1 heterocycles. The summed E-state index contributed by atoms with van der Waals surface area (Å²) in [5, 5.41) is 2.03. The number of carbonyl (C=O) groups excluding carboxylic acids is 2. The monoisotopic (exact) mass is 604 g/mol. The van der Waals surface area contributed by atoms with E-state index in [1.54, 1.807) is 25.7 Å². The van der Waals surface area contributed by atoms with Crippen molar-refractivity contribution in [2.24, 2.45) is 11.8 Å². The molecule has 254 valence electrons. The molecule has 0 aromatic heterocycles. The molecule has 0 aromatic rings.